The maximum atomic E-state index is 13.2. The highest BCUT2D eigenvalue weighted by molar-refractivity contribution is 7.17. The number of carboxylic acids is 1. The summed E-state index contributed by atoms with van der Waals surface area (Å²) in [6.45, 7) is 0. The molecule has 3 nitrogen and oxygen atoms in total. The van der Waals surface area contributed by atoms with E-state index in [-0.39, 0.29) is 16.4 Å². The van der Waals surface area contributed by atoms with Gasteiger partial charge >= 0.3 is 5.97 Å². The van der Waals surface area contributed by atoms with E-state index in [0.29, 0.717) is 10.7 Å². The third kappa shape index (κ3) is 2.35. The van der Waals surface area contributed by atoms with Gasteiger partial charge in [-0.25, -0.2) is 18.6 Å². The molecule has 1 aromatic carbocycles. The summed E-state index contributed by atoms with van der Waals surface area (Å²) in [5, 5.41) is 9.48. The Morgan fingerprint density at radius 3 is 2.42 bits per heavy atom. The predicted molar refractivity (Wildman–Crippen MR) is 66.4 cm³/mol. The summed E-state index contributed by atoms with van der Waals surface area (Å²) in [6.07, 6.45) is 1.84. The monoisotopic (exact) mass is 281 g/mol. The molecule has 0 aliphatic heterocycles. The van der Waals surface area contributed by atoms with Crippen LogP contribution in [-0.4, -0.2) is 16.1 Å². The first-order chi connectivity index (χ1) is 9.04. The third-order valence-corrected chi connectivity index (χ3v) is 4.03. The van der Waals surface area contributed by atoms with E-state index in [1.165, 1.54) is 0 Å². The van der Waals surface area contributed by atoms with Gasteiger partial charge in [-0.15, -0.1) is 11.3 Å². The zero-order chi connectivity index (χ0) is 13.6. The highest BCUT2D eigenvalue weighted by Gasteiger charge is 2.32. The average Bonchev–Trinajstić information content (AvgIpc) is 3.06. The Hall–Kier alpha value is -1.82. The molecule has 98 valence electrons. The number of rotatable bonds is 3. The highest BCUT2D eigenvalue weighted by Crippen LogP contribution is 2.44. The first kappa shape index (κ1) is 12.2. The van der Waals surface area contributed by atoms with Gasteiger partial charge in [-0.2, -0.15) is 0 Å². The molecule has 2 aromatic rings. The van der Waals surface area contributed by atoms with Crippen LogP contribution >= 0.6 is 11.3 Å². The number of halogens is 2. The maximum absolute atomic E-state index is 13.2. The Labute approximate surface area is 111 Å². The molecule has 0 radical (unpaired) electrons. The summed E-state index contributed by atoms with van der Waals surface area (Å²) in [5.74, 6) is -2.26. The Morgan fingerprint density at radius 2 is 1.89 bits per heavy atom. The summed E-state index contributed by atoms with van der Waals surface area (Å²) < 4.78 is 26.3. The van der Waals surface area contributed by atoms with Crippen molar-refractivity contribution >= 4 is 17.3 Å². The van der Waals surface area contributed by atoms with Crippen LogP contribution in [0.2, 0.25) is 0 Å². The van der Waals surface area contributed by atoms with Crippen molar-refractivity contribution in [2.24, 2.45) is 0 Å². The quantitative estimate of drug-likeness (QED) is 0.934. The maximum Gasteiger partial charge on any atom is 0.347 e. The molecule has 1 aliphatic carbocycles. The molecule has 1 heterocycles. The number of thiazole rings is 1. The van der Waals surface area contributed by atoms with Gasteiger partial charge in [0, 0.05) is 17.5 Å². The van der Waals surface area contributed by atoms with Crippen molar-refractivity contribution in [2.45, 2.75) is 18.8 Å². The van der Waals surface area contributed by atoms with Crippen LogP contribution in [0.15, 0.2) is 18.2 Å². The van der Waals surface area contributed by atoms with Crippen molar-refractivity contribution in [1.82, 2.24) is 4.98 Å². The van der Waals surface area contributed by atoms with Crippen molar-refractivity contribution in [1.29, 1.82) is 0 Å². The Kier molecular flexibility index (Phi) is 2.82. The van der Waals surface area contributed by atoms with Crippen molar-refractivity contribution in [3.8, 4) is 10.6 Å². The van der Waals surface area contributed by atoms with E-state index in [9.17, 15) is 13.6 Å². The molecule has 1 saturated carbocycles. The molecule has 1 fully saturated rings. The molecule has 1 N–H and O–H groups in total. The second kappa shape index (κ2) is 4.38. The lowest BCUT2D eigenvalue weighted by molar-refractivity contribution is 0.0700. The van der Waals surface area contributed by atoms with Crippen molar-refractivity contribution in [3.05, 3.63) is 40.4 Å². The second-order valence-corrected chi connectivity index (χ2v) is 5.47. The fourth-order valence-electron chi connectivity index (χ4n) is 1.92. The molecule has 0 atom stereocenters. The van der Waals surface area contributed by atoms with Gasteiger partial charge in [-0.1, -0.05) is 0 Å². The van der Waals surface area contributed by atoms with Gasteiger partial charge in [0.05, 0.1) is 5.69 Å². The number of benzene rings is 1. The van der Waals surface area contributed by atoms with Crippen molar-refractivity contribution < 1.29 is 18.7 Å². The van der Waals surface area contributed by atoms with Crippen LogP contribution < -0.4 is 0 Å². The molecule has 0 spiro atoms. The van der Waals surface area contributed by atoms with Crippen LogP contribution in [0.1, 0.15) is 34.1 Å². The minimum Gasteiger partial charge on any atom is -0.477 e. The summed E-state index contributed by atoms with van der Waals surface area (Å²) in [6, 6.07) is 3.09. The minimum atomic E-state index is -1.04. The molecule has 19 heavy (non-hydrogen) atoms. The fourth-order valence-corrected chi connectivity index (χ4v) is 2.90. The minimum absolute atomic E-state index is 0.169. The molecule has 0 bridgehead atoms. The van der Waals surface area contributed by atoms with Crippen molar-refractivity contribution in [2.75, 3.05) is 0 Å². The SMILES string of the molecule is O=C(O)c1sc(-c2cc(F)cc(F)c2)nc1C1CC1. The van der Waals surface area contributed by atoms with Crippen molar-refractivity contribution in [3.63, 3.8) is 0 Å². The molecule has 3 rings (SSSR count). The van der Waals surface area contributed by atoms with Crippen LogP contribution in [0.3, 0.4) is 0 Å². The van der Waals surface area contributed by atoms with E-state index in [2.05, 4.69) is 4.98 Å². The molecular weight excluding hydrogens is 272 g/mol. The Balaban J connectivity index is 2.09. The topological polar surface area (TPSA) is 50.2 Å². The van der Waals surface area contributed by atoms with Crippen LogP contribution in [0.25, 0.3) is 10.6 Å². The average molecular weight is 281 g/mol. The van der Waals surface area contributed by atoms with E-state index in [4.69, 9.17) is 5.11 Å². The lowest BCUT2D eigenvalue weighted by Crippen LogP contribution is -1.97. The van der Waals surface area contributed by atoms with Gasteiger partial charge < -0.3 is 5.11 Å². The lowest BCUT2D eigenvalue weighted by atomic mass is 10.2. The number of aromatic nitrogens is 1. The number of carbonyl (C=O) groups is 1. The van der Waals surface area contributed by atoms with Gasteiger partial charge in [0.2, 0.25) is 0 Å². The molecule has 6 heteroatoms. The van der Waals surface area contributed by atoms with Crippen LogP contribution in [0, 0.1) is 11.6 Å². The van der Waals surface area contributed by atoms with Gasteiger partial charge in [-0.05, 0) is 25.0 Å². The van der Waals surface area contributed by atoms with Gasteiger partial charge in [0.25, 0.3) is 0 Å². The first-order valence-corrected chi connectivity index (χ1v) is 6.56. The summed E-state index contributed by atoms with van der Waals surface area (Å²) >= 11 is 0.962. The second-order valence-electron chi connectivity index (χ2n) is 4.47. The smallest absolute Gasteiger partial charge is 0.347 e. The number of aromatic carboxylic acids is 1. The van der Waals surface area contributed by atoms with E-state index >= 15 is 0 Å². The fraction of sp³-hybridized carbons (Fsp3) is 0.231. The summed E-state index contributed by atoms with van der Waals surface area (Å²) in [4.78, 5) is 15.6. The highest BCUT2D eigenvalue weighted by atomic mass is 32.1. The predicted octanol–water partition coefficient (Wildman–Crippen LogP) is 3.66. The summed E-state index contributed by atoms with van der Waals surface area (Å²) in [5.41, 5.74) is 0.814. The van der Waals surface area contributed by atoms with E-state index in [0.717, 1.165) is 42.4 Å². The first-order valence-electron chi connectivity index (χ1n) is 5.75. The molecule has 0 saturated heterocycles. The Morgan fingerprint density at radius 1 is 1.26 bits per heavy atom. The van der Waals surface area contributed by atoms with Crippen LogP contribution in [0.5, 0.6) is 0 Å². The van der Waals surface area contributed by atoms with E-state index in [1.807, 2.05) is 0 Å². The van der Waals surface area contributed by atoms with Gasteiger partial charge in [0.15, 0.2) is 0 Å². The molecule has 0 amide bonds. The Bertz CT molecular complexity index is 644. The molecule has 0 unspecified atom stereocenters. The number of hydrogen-bond donors (Lipinski definition) is 1. The largest absolute Gasteiger partial charge is 0.477 e. The molecule has 1 aromatic heterocycles. The van der Waals surface area contributed by atoms with Gasteiger partial charge in [-0.3, -0.25) is 0 Å². The molecule has 1 aliphatic rings. The van der Waals surface area contributed by atoms with Gasteiger partial charge in [0.1, 0.15) is 21.5 Å². The lowest BCUT2D eigenvalue weighted by Gasteiger charge is -1.97. The van der Waals surface area contributed by atoms with E-state index in [1.54, 1.807) is 0 Å². The zero-order valence-electron chi connectivity index (χ0n) is 9.69. The molecular formula is C13H9F2NO2S. The van der Waals surface area contributed by atoms with E-state index < -0.39 is 17.6 Å². The van der Waals surface area contributed by atoms with Crippen LogP contribution in [-0.2, 0) is 0 Å². The number of hydrogen-bond acceptors (Lipinski definition) is 3. The summed E-state index contributed by atoms with van der Waals surface area (Å²) in [7, 11) is 0. The number of nitrogens with zero attached hydrogens (tertiary/aromatic N) is 1. The normalized spacial score (nSPS) is 14.6. The van der Waals surface area contributed by atoms with Crippen LogP contribution in [0.4, 0.5) is 8.78 Å². The number of carboxylic acid groups (broad SMARTS) is 1. The zero-order valence-corrected chi connectivity index (χ0v) is 10.5. The standard InChI is InChI=1S/C13H9F2NO2S/c14-8-3-7(4-9(15)5-8)12-16-10(6-1-2-6)11(19-12)13(17)18/h3-6H,1-2H2,(H,17,18). The third-order valence-electron chi connectivity index (χ3n) is 2.92.